The van der Waals surface area contributed by atoms with Gasteiger partial charge in [0.15, 0.2) is 6.73 Å². The molecule has 0 saturated carbocycles. The number of aryl methyl sites for hydroxylation is 1. The fourth-order valence-electron chi connectivity index (χ4n) is 2.39. The van der Waals surface area contributed by atoms with Gasteiger partial charge in [-0.2, -0.15) is 5.26 Å². The molecule has 25 heavy (non-hydrogen) atoms. The lowest BCUT2D eigenvalue weighted by Crippen LogP contribution is -2.32. The lowest BCUT2D eigenvalue weighted by molar-refractivity contribution is 0.233. The molecule has 2 N–H and O–H groups in total. The van der Waals surface area contributed by atoms with Gasteiger partial charge in [-0.1, -0.05) is 50.6 Å². The van der Waals surface area contributed by atoms with E-state index in [1.807, 2.05) is 25.1 Å². The molecule has 2 aromatic carbocycles. The molecule has 0 radical (unpaired) electrons. The number of hydrogen-bond acceptors (Lipinski definition) is 3. The Balaban J connectivity index is 1.97. The normalized spacial score (nSPS) is 10.7. The Labute approximate surface area is 148 Å². The van der Waals surface area contributed by atoms with Crippen molar-refractivity contribution >= 4 is 11.7 Å². The van der Waals surface area contributed by atoms with Crippen molar-refractivity contribution in [3.05, 3.63) is 59.2 Å². The number of amides is 2. The predicted molar refractivity (Wildman–Crippen MR) is 98.7 cm³/mol. The van der Waals surface area contributed by atoms with Crippen LogP contribution in [0.4, 0.5) is 10.5 Å². The highest BCUT2D eigenvalue weighted by Gasteiger charge is 2.19. The summed E-state index contributed by atoms with van der Waals surface area (Å²) in [5.74, 6) is 0.746. The van der Waals surface area contributed by atoms with Crippen LogP contribution in [0.25, 0.3) is 0 Å². The summed E-state index contributed by atoms with van der Waals surface area (Å²) in [6, 6.07) is 14.4. The number of para-hydroxylation sites is 1. The van der Waals surface area contributed by atoms with Gasteiger partial charge < -0.3 is 15.4 Å². The van der Waals surface area contributed by atoms with E-state index in [2.05, 4.69) is 37.5 Å². The minimum absolute atomic E-state index is 0.0344. The van der Waals surface area contributed by atoms with Crippen LogP contribution in [-0.2, 0) is 5.41 Å². The van der Waals surface area contributed by atoms with Crippen molar-refractivity contribution in [2.24, 2.45) is 0 Å². The molecule has 0 fully saturated rings. The maximum absolute atomic E-state index is 12.0. The number of hydrogen-bond donors (Lipinski definition) is 2. The number of rotatable bonds is 4. The van der Waals surface area contributed by atoms with Crippen LogP contribution in [0.5, 0.6) is 5.75 Å². The number of benzene rings is 2. The van der Waals surface area contributed by atoms with Crippen LogP contribution < -0.4 is 15.4 Å². The van der Waals surface area contributed by atoms with Crippen LogP contribution in [0.15, 0.2) is 42.5 Å². The first-order chi connectivity index (χ1) is 11.8. The van der Waals surface area contributed by atoms with Gasteiger partial charge in [-0.15, -0.1) is 0 Å². The highest BCUT2D eigenvalue weighted by Crippen LogP contribution is 2.31. The molecule has 130 valence electrons. The zero-order valence-corrected chi connectivity index (χ0v) is 15.0. The van der Waals surface area contributed by atoms with Crippen LogP contribution in [0.1, 0.15) is 37.5 Å². The molecule has 2 aromatic rings. The van der Waals surface area contributed by atoms with Crippen molar-refractivity contribution in [3.8, 4) is 11.8 Å². The van der Waals surface area contributed by atoms with Gasteiger partial charge in [0.1, 0.15) is 11.8 Å². The second-order valence-electron chi connectivity index (χ2n) is 6.83. The Kier molecular flexibility index (Phi) is 5.66. The zero-order valence-electron chi connectivity index (χ0n) is 15.0. The minimum Gasteiger partial charge on any atom is -0.473 e. The average molecular weight is 337 g/mol. The number of nitriles is 1. The molecule has 0 aliphatic heterocycles. The Bertz CT molecular complexity index is 801. The van der Waals surface area contributed by atoms with Crippen LogP contribution in [-0.4, -0.2) is 12.8 Å². The molecule has 2 rings (SSSR count). The van der Waals surface area contributed by atoms with E-state index in [9.17, 15) is 4.79 Å². The van der Waals surface area contributed by atoms with Crippen molar-refractivity contribution in [3.63, 3.8) is 0 Å². The summed E-state index contributed by atoms with van der Waals surface area (Å²) in [6.07, 6.45) is 0. The first-order valence-electron chi connectivity index (χ1n) is 8.09. The van der Waals surface area contributed by atoms with E-state index in [-0.39, 0.29) is 12.1 Å². The smallest absolute Gasteiger partial charge is 0.321 e. The van der Waals surface area contributed by atoms with Gasteiger partial charge in [-0.05, 0) is 36.1 Å². The molecular formula is C20H23N3O2. The highest BCUT2D eigenvalue weighted by molar-refractivity contribution is 5.90. The summed E-state index contributed by atoms with van der Waals surface area (Å²) >= 11 is 0. The largest absolute Gasteiger partial charge is 0.473 e. The van der Waals surface area contributed by atoms with E-state index in [1.165, 1.54) is 0 Å². The molecule has 0 atom stereocenters. The maximum Gasteiger partial charge on any atom is 0.321 e. The van der Waals surface area contributed by atoms with Crippen molar-refractivity contribution < 1.29 is 9.53 Å². The molecule has 2 amide bonds. The van der Waals surface area contributed by atoms with Gasteiger partial charge in [0.2, 0.25) is 0 Å². The topological polar surface area (TPSA) is 74.2 Å². The highest BCUT2D eigenvalue weighted by atomic mass is 16.5. The molecule has 0 aromatic heterocycles. The molecule has 0 bridgehead atoms. The predicted octanol–water partition coefficient (Wildman–Crippen LogP) is 4.32. The molecular weight excluding hydrogens is 314 g/mol. The molecule has 0 aliphatic carbocycles. The number of nitrogens with one attached hydrogen (secondary N) is 2. The van der Waals surface area contributed by atoms with Crippen molar-refractivity contribution in [1.82, 2.24) is 5.32 Å². The van der Waals surface area contributed by atoms with E-state index in [0.29, 0.717) is 11.3 Å². The lowest BCUT2D eigenvalue weighted by Gasteiger charge is -2.23. The fraction of sp³-hybridized carbons (Fsp3) is 0.300. The third-order valence-electron chi connectivity index (χ3n) is 3.70. The number of anilines is 1. The number of ether oxygens (including phenoxy) is 1. The first kappa shape index (κ1) is 18.3. The van der Waals surface area contributed by atoms with Crippen LogP contribution in [0.2, 0.25) is 0 Å². The summed E-state index contributed by atoms with van der Waals surface area (Å²) in [6.45, 7) is 8.43. The van der Waals surface area contributed by atoms with Crippen molar-refractivity contribution in [1.29, 1.82) is 5.26 Å². The monoisotopic (exact) mass is 337 g/mol. The number of carbonyl (C=O) groups excluding carboxylic acids is 1. The average Bonchev–Trinajstić information content (AvgIpc) is 2.55. The lowest BCUT2D eigenvalue weighted by atomic mass is 9.85. The Morgan fingerprint density at radius 1 is 1.20 bits per heavy atom. The van der Waals surface area contributed by atoms with E-state index in [1.54, 1.807) is 24.3 Å². The third-order valence-corrected chi connectivity index (χ3v) is 3.70. The number of urea groups is 1. The molecule has 0 heterocycles. The number of carbonyl (C=O) groups is 1. The Morgan fingerprint density at radius 3 is 2.60 bits per heavy atom. The summed E-state index contributed by atoms with van der Waals surface area (Å²) in [5, 5.41) is 14.3. The van der Waals surface area contributed by atoms with Crippen molar-refractivity contribution in [2.45, 2.75) is 33.1 Å². The standard InChI is InChI=1S/C20H23N3O2/c1-14-9-10-18(16(11-14)20(2,3)4)25-13-22-19(24)23-17-8-6-5-7-15(17)12-21/h5-11H,13H2,1-4H3,(H2,22,23,24). The van der Waals surface area contributed by atoms with Gasteiger partial charge in [0.05, 0.1) is 11.3 Å². The molecule has 5 nitrogen and oxygen atoms in total. The molecule has 0 unspecified atom stereocenters. The zero-order chi connectivity index (χ0) is 18.4. The molecule has 0 saturated heterocycles. The van der Waals surface area contributed by atoms with E-state index >= 15 is 0 Å². The van der Waals surface area contributed by atoms with E-state index in [0.717, 1.165) is 16.9 Å². The molecule has 0 spiro atoms. The summed E-state index contributed by atoms with van der Waals surface area (Å²) in [4.78, 5) is 12.0. The molecule has 0 aliphatic rings. The SMILES string of the molecule is Cc1ccc(OCNC(=O)Nc2ccccc2C#N)c(C(C)(C)C)c1. The van der Waals surface area contributed by atoms with Crippen molar-refractivity contribution in [2.75, 3.05) is 12.0 Å². The maximum atomic E-state index is 12.0. The third kappa shape index (κ3) is 4.98. The van der Waals surface area contributed by atoms with E-state index in [4.69, 9.17) is 10.00 Å². The van der Waals surface area contributed by atoms with Crippen LogP contribution >= 0.6 is 0 Å². The fourth-order valence-corrected chi connectivity index (χ4v) is 2.39. The second-order valence-corrected chi connectivity index (χ2v) is 6.83. The minimum atomic E-state index is -0.424. The summed E-state index contributed by atoms with van der Waals surface area (Å²) in [7, 11) is 0. The summed E-state index contributed by atoms with van der Waals surface area (Å²) in [5.41, 5.74) is 3.07. The van der Waals surface area contributed by atoms with Crippen LogP contribution in [0.3, 0.4) is 0 Å². The van der Waals surface area contributed by atoms with Gasteiger partial charge in [-0.25, -0.2) is 4.79 Å². The second kappa shape index (κ2) is 7.71. The summed E-state index contributed by atoms with van der Waals surface area (Å²) < 4.78 is 5.75. The first-order valence-corrected chi connectivity index (χ1v) is 8.09. The van der Waals surface area contributed by atoms with Gasteiger partial charge in [0.25, 0.3) is 0 Å². The Morgan fingerprint density at radius 2 is 1.92 bits per heavy atom. The van der Waals surface area contributed by atoms with E-state index < -0.39 is 6.03 Å². The van der Waals surface area contributed by atoms with Crippen LogP contribution in [0, 0.1) is 18.3 Å². The number of nitrogens with zero attached hydrogens (tertiary/aromatic N) is 1. The van der Waals surface area contributed by atoms with Gasteiger partial charge in [-0.3, -0.25) is 0 Å². The molecule has 5 heteroatoms. The quantitative estimate of drug-likeness (QED) is 0.816. The Hall–Kier alpha value is -3.00. The van der Waals surface area contributed by atoms with Gasteiger partial charge >= 0.3 is 6.03 Å². The van der Waals surface area contributed by atoms with Gasteiger partial charge in [0, 0.05) is 0 Å².